The second-order valence-electron chi connectivity index (χ2n) is 6.47. The van der Waals surface area contributed by atoms with Crippen molar-refractivity contribution in [2.75, 3.05) is 21.3 Å². The second kappa shape index (κ2) is 9.99. The lowest BCUT2D eigenvalue weighted by Crippen LogP contribution is -2.28. The Morgan fingerprint density at radius 1 is 1.04 bits per heavy atom. The Hall–Kier alpha value is -2.73. The molecule has 1 atom stereocenters. The summed E-state index contributed by atoms with van der Waals surface area (Å²) >= 11 is 5.94. The molecular weight excluding hydrogens is 380 g/mol. The Morgan fingerprint density at radius 3 is 2.07 bits per heavy atom. The van der Waals surface area contributed by atoms with Gasteiger partial charge in [-0.05, 0) is 35.7 Å². The molecule has 0 heterocycles. The maximum Gasteiger partial charge on any atom is 0.247 e. The van der Waals surface area contributed by atoms with Gasteiger partial charge in [-0.1, -0.05) is 37.6 Å². The minimum absolute atomic E-state index is 0.0950. The molecule has 150 valence electrons. The topological polar surface area (TPSA) is 69.2 Å². The number of nitrogens with one attached hydrogen (secondary N) is 1. The molecule has 1 unspecified atom stereocenters. The molecule has 6 nitrogen and oxygen atoms in total. The Balaban J connectivity index is 2.18. The number of ether oxygens (including phenoxy) is 3. The van der Waals surface area contributed by atoms with Crippen LogP contribution >= 0.6 is 11.6 Å². The van der Waals surface area contributed by atoms with Crippen molar-refractivity contribution in [2.45, 2.75) is 19.8 Å². The Kier molecular flexibility index (Phi) is 7.70. The van der Waals surface area contributed by atoms with E-state index < -0.39 is 0 Å². The average molecular weight is 405 g/mol. The fourth-order valence-corrected chi connectivity index (χ4v) is 3.05. The smallest absolute Gasteiger partial charge is 0.247 e. The van der Waals surface area contributed by atoms with Crippen molar-refractivity contribution in [2.24, 2.45) is 11.0 Å². The summed E-state index contributed by atoms with van der Waals surface area (Å²) in [5, 5.41) is 4.72. The van der Waals surface area contributed by atoms with Crippen LogP contribution in [-0.2, 0) is 4.79 Å². The van der Waals surface area contributed by atoms with Crippen molar-refractivity contribution >= 4 is 23.7 Å². The average Bonchev–Trinajstić information content (AvgIpc) is 2.68. The van der Waals surface area contributed by atoms with Crippen LogP contribution in [0.25, 0.3) is 0 Å². The highest BCUT2D eigenvalue weighted by Gasteiger charge is 2.24. The van der Waals surface area contributed by atoms with Crippen LogP contribution in [0.1, 0.15) is 30.9 Å². The number of amides is 1. The lowest BCUT2D eigenvalue weighted by atomic mass is 9.88. The van der Waals surface area contributed by atoms with Gasteiger partial charge < -0.3 is 14.2 Å². The number of nitrogens with zero attached hydrogens (tertiary/aromatic N) is 1. The van der Waals surface area contributed by atoms with Crippen molar-refractivity contribution in [3.8, 4) is 17.2 Å². The molecule has 0 spiro atoms. The summed E-state index contributed by atoms with van der Waals surface area (Å²) in [5.74, 6) is 1.08. The molecule has 28 heavy (non-hydrogen) atoms. The Labute approximate surface area is 170 Å². The number of benzene rings is 2. The molecule has 2 rings (SSSR count). The zero-order valence-corrected chi connectivity index (χ0v) is 17.4. The highest BCUT2D eigenvalue weighted by molar-refractivity contribution is 6.30. The van der Waals surface area contributed by atoms with Gasteiger partial charge in [-0.15, -0.1) is 0 Å². The van der Waals surface area contributed by atoms with Crippen molar-refractivity contribution in [1.29, 1.82) is 0 Å². The fraction of sp³-hybridized carbons (Fsp3) is 0.333. The van der Waals surface area contributed by atoms with Gasteiger partial charge in [0.15, 0.2) is 11.5 Å². The Bertz CT molecular complexity index is 810. The van der Waals surface area contributed by atoms with E-state index in [1.54, 1.807) is 38.5 Å². The van der Waals surface area contributed by atoms with Crippen LogP contribution in [-0.4, -0.2) is 33.5 Å². The van der Waals surface area contributed by atoms with Crippen molar-refractivity contribution in [3.05, 3.63) is 52.5 Å². The molecule has 2 aromatic rings. The van der Waals surface area contributed by atoms with Crippen LogP contribution in [0.4, 0.5) is 0 Å². The van der Waals surface area contributed by atoms with Gasteiger partial charge in [0.05, 0.1) is 33.5 Å². The molecule has 0 aliphatic carbocycles. The standard InChI is InChI=1S/C21H25ClN2O4/c1-13(2)19(15-6-8-16(22)9-7-15)21(25)24-23-12-14-10-17(26-3)20(28-5)18(11-14)27-4/h6-13,19H,1-5H3,(H,24,25)/b23-12+. The lowest BCUT2D eigenvalue weighted by molar-refractivity contribution is -0.123. The molecule has 0 saturated carbocycles. The summed E-state index contributed by atoms with van der Waals surface area (Å²) in [6.45, 7) is 3.98. The molecule has 0 saturated heterocycles. The van der Waals surface area contributed by atoms with Crippen LogP contribution in [0.3, 0.4) is 0 Å². The zero-order valence-electron chi connectivity index (χ0n) is 16.7. The van der Waals surface area contributed by atoms with Gasteiger partial charge in [0.25, 0.3) is 0 Å². The molecule has 1 N–H and O–H groups in total. The SMILES string of the molecule is COc1cc(/C=N/NC(=O)C(c2ccc(Cl)cc2)C(C)C)cc(OC)c1OC. The molecule has 0 aromatic heterocycles. The van der Waals surface area contributed by atoms with Gasteiger partial charge in [-0.3, -0.25) is 4.79 Å². The summed E-state index contributed by atoms with van der Waals surface area (Å²) in [6.07, 6.45) is 1.53. The maximum atomic E-state index is 12.7. The van der Waals surface area contributed by atoms with Gasteiger partial charge >= 0.3 is 0 Å². The van der Waals surface area contributed by atoms with Gasteiger partial charge in [0, 0.05) is 10.6 Å². The minimum Gasteiger partial charge on any atom is -0.493 e. The normalized spacial score (nSPS) is 12.1. The first-order chi connectivity index (χ1) is 13.4. The third-order valence-electron chi connectivity index (χ3n) is 4.25. The van der Waals surface area contributed by atoms with Crippen molar-refractivity contribution in [1.82, 2.24) is 5.43 Å². The first kappa shape index (κ1) is 21.6. The van der Waals surface area contributed by atoms with E-state index in [-0.39, 0.29) is 17.7 Å². The van der Waals surface area contributed by atoms with Gasteiger partial charge in [0.1, 0.15) is 0 Å². The van der Waals surface area contributed by atoms with Crippen LogP contribution in [0.2, 0.25) is 5.02 Å². The lowest BCUT2D eigenvalue weighted by Gasteiger charge is -2.19. The number of carbonyl (C=O) groups excluding carboxylic acids is 1. The molecule has 2 aromatic carbocycles. The molecule has 0 aliphatic heterocycles. The van der Waals surface area contributed by atoms with Crippen LogP contribution < -0.4 is 19.6 Å². The highest BCUT2D eigenvalue weighted by atomic mass is 35.5. The quantitative estimate of drug-likeness (QED) is 0.527. The van der Waals surface area contributed by atoms with E-state index in [9.17, 15) is 4.79 Å². The molecule has 0 aliphatic rings. The highest BCUT2D eigenvalue weighted by Crippen LogP contribution is 2.37. The molecule has 0 fully saturated rings. The zero-order chi connectivity index (χ0) is 20.7. The third-order valence-corrected chi connectivity index (χ3v) is 4.51. The summed E-state index contributed by atoms with van der Waals surface area (Å²) < 4.78 is 15.9. The van der Waals surface area contributed by atoms with Gasteiger partial charge in [-0.2, -0.15) is 5.10 Å². The third kappa shape index (κ3) is 5.16. The van der Waals surface area contributed by atoms with Crippen LogP contribution in [0.5, 0.6) is 17.2 Å². The van der Waals surface area contributed by atoms with E-state index >= 15 is 0 Å². The first-order valence-corrected chi connectivity index (χ1v) is 9.17. The van der Waals surface area contributed by atoms with E-state index in [1.807, 2.05) is 26.0 Å². The Morgan fingerprint density at radius 2 is 1.61 bits per heavy atom. The monoisotopic (exact) mass is 404 g/mol. The van der Waals surface area contributed by atoms with E-state index in [2.05, 4.69) is 10.5 Å². The predicted octanol–water partition coefficient (Wildman–Crippen LogP) is 4.26. The summed E-state index contributed by atoms with van der Waals surface area (Å²) in [7, 11) is 4.62. The number of halogens is 1. The number of rotatable bonds is 8. The van der Waals surface area contributed by atoms with Crippen molar-refractivity contribution in [3.63, 3.8) is 0 Å². The number of hydrogen-bond donors (Lipinski definition) is 1. The number of hydrazone groups is 1. The van der Waals surface area contributed by atoms with Crippen LogP contribution in [0, 0.1) is 5.92 Å². The molecule has 0 radical (unpaired) electrons. The summed E-state index contributed by atoms with van der Waals surface area (Å²) in [5.41, 5.74) is 4.20. The second-order valence-corrected chi connectivity index (χ2v) is 6.90. The van der Waals surface area contributed by atoms with Crippen molar-refractivity contribution < 1.29 is 19.0 Å². The summed E-state index contributed by atoms with van der Waals surface area (Å²) in [4.78, 5) is 12.7. The van der Waals surface area contributed by atoms with E-state index in [1.165, 1.54) is 13.3 Å². The number of carbonyl (C=O) groups is 1. The molecular formula is C21H25ClN2O4. The van der Waals surface area contributed by atoms with Gasteiger partial charge in [-0.25, -0.2) is 5.43 Å². The molecule has 1 amide bonds. The number of hydrogen-bond acceptors (Lipinski definition) is 5. The van der Waals surface area contributed by atoms with Crippen LogP contribution in [0.15, 0.2) is 41.5 Å². The molecule has 7 heteroatoms. The van der Waals surface area contributed by atoms with E-state index in [4.69, 9.17) is 25.8 Å². The number of methoxy groups -OCH3 is 3. The largest absolute Gasteiger partial charge is 0.493 e. The van der Waals surface area contributed by atoms with E-state index in [0.29, 0.717) is 27.8 Å². The predicted molar refractivity (Wildman–Crippen MR) is 111 cm³/mol. The fourth-order valence-electron chi connectivity index (χ4n) is 2.93. The van der Waals surface area contributed by atoms with E-state index in [0.717, 1.165) is 5.56 Å². The summed E-state index contributed by atoms with van der Waals surface area (Å²) in [6, 6.07) is 10.8. The van der Waals surface area contributed by atoms with Gasteiger partial charge in [0.2, 0.25) is 11.7 Å². The molecule has 0 bridgehead atoms. The minimum atomic E-state index is -0.339. The maximum absolute atomic E-state index is 12.7. The first-order valence-electron chi connectivity index (χ1n) is 8.79.